The monoisotopic (exact) mass is 286 g/mol. The summed E-state index contributed by atoms with van der Waals surface area (Å²) in [6.07, 6.45) is 3.58. The topological polar surface area (TPSA) is 62.1 Å². The van der Waals surface area contributed by atoms with Gasteiger partial charge in [-0.1, -0.05) is 25.0 Å². The van der Waals surface area contributed by atoms with Crippen LogP contribution in [0.2, 0.25) is 0 Å². The van der Waals surface area contributed by atoms with Crippen molar-refractivity contribution in [2.45, 2.75) is 57.5 Å². The minimum absolute atomic E-state index is 0.343. The standard InChI is InChI=1S/C17H22N2O2/c1-16(2,3)21-15(20)19-14-8-6-13(7-9-14)17(12-18)10-4-5-11-17/h6-9H,4-5,10-11H2,1-3H3,(H,19,20). The van der Waals surface area contributed by atoms with Gasteiger partial charge in [-0.3, -0.25) is 5.32 Å². The first-order chi connectivity index (χ1) is 9.85. The van der Waals surface area contributed by atoms with E-state index in [1.54, 1.807) is 0 Å². The Bertz CT molecular complexity index is 544. The van der Waals surface area contributed by atoms with Crippen molar-refractivity contribution in [1.82, 2.24) is 0 Å². The molecule has 0 bridgehead atoms. The van der Waals surface area contributed by atoms with Crippen molar-refractivity contribution in [3.63, 3.8) is 0 Å². The van der Waals surface area contributed by atoms with E-state index in [4.69, 9.17) is 4.74 Å². The second-order valence-corrected chi connectivity index (χ2v) is 6.61. The molecule has 0 spiro atoms. The lowest BCUT2D eigenvalue weighted by molar-refractivity contribution is 0.0636. The Morgan fingerprint density at radius 3 is 2.29 bits per heavy atom. The van der Waals surface area contributed by atoms with Crippen LogP contribution >= 0.6 is 0 Å². The van der Waals surface area contributed by atoms with E-state index in [9.17, 15) is 10.1 Å². The van der Waals surface area contributed by atoms with Crippen molar-refractivity contribution in [1.29, 1.82) is 5.26 Å². The minimum Gasteiger partial charge on any atom is -0.444 e. The fourth-order valence-electron chi connectivity index (χ4n) is 2.74. The summed E-state index contributed by atoms with van der Waals surface area (Å²) in [5, 5.41) is 12.2. The Kier molecular flexibility index (Phi) is 4.22. The number of carbonyl (C=O) groups is 1. The highest BCUT2D eigenvalue weighted by molar-refractivity contribution is 5.84. The average Bonchev–Trinajstić information content (AvgIpc) is 2.87. The van der Waals surface area contributed by atoms with Crippen molar-refractivity contribution in [3.05, 3.63) is 29.8 Å². The SMILES string of the molecule is CC(C)(C)OC(=O)Nc1ccc(C2(C#N)CCCC2)cc1. The van der Waals surface area contributed by atoms with Crippen LogP contribution in [0.25, 0.3) is 0 Å². The van der Waals surface area contributed by atoms with E-state index < -0.39 is 11.7 Å². The number of benzene rings is 1. The van der Waals surface area contributed by atoms with E-state index in [0.717, 1.165) is 31.2 Å². The maximum Gasteiger partial charge on any atom is 0.412 e. The maximum atomic E-state index is 11.7. The molecular weight excluding hydrogens is 264 g/mol. The number of nitriles is 1. The summed E-state index contributed by atoms with van der Waals surface area (Å²) in [6.45, 7) is 5.48. The lowest BCUT2D eigenvalue weighted by Crippen LogP contribution is -2.27. The zero-order valence-electron chi connectivity index (χ0n) is 12.9. The van der Waals surface area contributed by atoms with Crippen molar-refractivity contribution in [3.8, 4) is 6.07 Å². The van der Waals surface area contributed by atoms with Gasteiger partial charge in [-0.15, -0.1) is 0 Å². The summed E-state index contributed by atoms with van der Waals surface area (Å²) in [4.78, 5) is 11.7. The lowest BCUT2D eigenvalue weighted by atomic mass is 9.80. The van der Waals surface area contributed by atoms with Crippen molar-refractivity contribution >= 4 is 11.8 Å². The summed E-state index contributed by atoms with van der Waals surface area (Å²) < 4.78 is 5.21. The van der Waals surface area contributed by atoms with E-state index >= 15 is 0 Å². The fourth-order valence-corrected chi connectivity index (χ4v) is 2.74. The van der Waals surface area contributed by atoms with Crippen LogP contribution in [0, 0.1) is 11.3 Å². The number of amides is 1. The summed E-state index contributed by atoms with van der Waals surface area (Å²) in [5.74, 6) is 0. The molecule has 0 radical (unpaired) electrons. The van der Waals surface area contributed by atoms with Crippen LogP contribution in [0.15, 0.2) is 24.3 Å². The van der Waals surface area contributed by atoms with Crippen LogP contribution in [-0.2, 0) is 10.2 Å². The second kappa shape index (κ2) is 5.77. The molecule has 1 aromatic rings. The number of nitrogens with one attached hydrogen (secondary N) is 1. The highest BCUT2D eigenvalue weighted by atomic mass is 16.6. The predicted molar refractivity (Wildman–Crippen MR) is 82.1 cm³/mol. The number of nitrogens with zero attached hydrogens (tertiary/aromatic N) is 1. The number of hydrogen-bond donors (Lipinski definition) is 1. The molecule has 112 valence electrons. The normalized spacial score (nSPS) is 17.0. The molecule has 1 aliphatic carbocycles. The Morgan fingerprint density at radius 1 is 1.24 bits per heavy atom. The predicted octanol–water partition coefficient (Wildman–Crippen LogP) is 4.37. The summed E-state index contributed by atoms with van der Waals surface area (Å²) in [5.41, 5.74) is 0.861. The van der Waals surface area contributed by atoms with Gasteiger partial charge in [-0.05, 0) is 51.3 Å². The second-order valence-electron chi connectivity index (χ2n) is 6.61. The third-order valence-electron chi connectivity index (χ3n) is 3.75. The molecule has 2 rings (SSSR count). The van der Waals surface area contributed by atoms with Gasteiger partial charge in [0.15, 0.2) is 0 Å². The molecule has 4 heteroatoms. The Labute approximate surface area is 126 Å². The van der Waals surface area contributed by atoms with Crippen LogP contribution in [0.3, 0.4) is 0 Å². The average molecular weight is 286 g/mol. The van der Waals surface area contributed by atoms with Gasteiger partial charge in [0.2, 0.25) is 0 Å². The largest absolute Gasteiger partial charge is 0.444 e. The van der Waals surface area contributed by atoms with Crippen molar-refractivity contribution < 1.29 is 9.53 Å². The van der Waals surface area contributed by atoms with Crippen LogP contribution in [0.4, 0.5) is 10.5 Å². The van der Waals surface area contributed by atoms with Crippen LogP contribution in [0.1, 0.15) is 52.0 Å². The number of rotatable bonds is 2. The number of ether oxygens (including phenoxy) is 1. The molecule has 0 heterocycles. The summed E-state index contributed by atoms with van der Waals surface area (Å²) in [7, 11) is 0. The number of anilines is 1. The van der Waals surface area contributed by atoms with E-state index in [-0.39, 0.29) is 5.41 Å². The molecule has 21 heavy (non-hydrogen) atoms. The van der Waals surface area contributed by atoms with Gasteiger partial charge in [-0.25, -0.2) is 4.79 Å². The molecule has 0 atom stereocenters. The number of hydrogen-bond acceptors (Lipinski definition) is 3. The molecule has 0 aromatic heterocycles. The third kappa shape index (κ3) is 3.75. The molecule has 1 fully saturated rings. The number of carbonyl (C=O) groups excluding carboxylic acids is 1. The molecule has 0 unspecified atom stereocenters. The molecular formula is C17H22N2O2. The van der Waals surface area contributed by atoms with Gasteiger partial charge < -0.3 is 4.74 Å². The summed E-state index contributed by atoms with van der Waals surface area (Å²) in [6, 6.07) is 10.00. The zero-order valence-corrected chi connectivity index (χ0v) is 12.9. The molecule has 1 amide bonds. The summed E-state index contributed by atoms with van der Waals surface area (Å²) >= 11 is 0. The minimum atomic E-state index is -0.515. The van der Waals surface area contributed by atoms with Crippen LogP contribution in [0.5, 0.6) is 0 Å². The first-order valence-corrected chi connectivity index (χ1v) is 7.36. The van der Waals surface area contributed by atoms with Gasteiger partial charge in [0.1, 0.15) is 5.60 Å². The third-order valence-corrected chi connectivity index (χ3v) is 3.75. The van der Waals surface area contributed by atoms with E-state index in [1.165, 1.54) is 0 Å². The van der Waals surface area contributed by atoms with Crippen LogP contribution in [-0.4, -0.2) is 11.7 Å². The Morgan fingerprint density at radius 2 is 1.81 bits per heavy atom. The van der Waals surface area contributed by atoms with Gasteiger partial charge in [0.25, 0.3) is 0 Å². The molecule has 1 N–H and O–H groups in total. The zero-order chi connectivity index (χ0) is 15.5. The molecule has 1 aliphatic rings. The molecule has 1 saturated carbocycles. The Balaban J connectivity index is 2.06. The maximum absolute atomic E-state index is 11.7. The molecule has 1 aromatic carbocycles. The first kappa shape index (κ1) is 15.4. The van der Waals surface area contributed by atoms with Crippen molar-refractivity contribution in [2.24, 2.45) is 0 Å². The fraction of sp³-hybridized carbons (Fsp3) is 0.529. The quantitative estimate of drug-likeness (QED) is 0.878. The van der Waals surface area contributed by atoms with E-state index in [2.05, 4.69) is 11.4 Å². The molecule has 0 saturated heterocycles. The highest BCUT2D eigenvalue weighted by Gasteiger charge is 2.35. The van der Waals surface area contributed by atoms with Gasteiger partial charge in [0, 0.05) is 5.69 Å². The van der Waals surface area contributed by atoms with Crippen molar-refractivity contribution in [2.75, 3.05) is 5.32 Å². The highest BCUT2D eigenvalue weighted by Crippen LogP contribution is 2.40. The molecule has 4 nitrogen and oxygen atoms in total. The lowest BCUT2D eigenvalue weighted by Gasteiger charge is -2.22. The van der Waals surface area contributed by atoms with Gasteiger partial charge in [-0.2, -0.15) is 5.26 Å². The van der Waals surface area contributed by atoms with Crippen LogP contribution < -0.4 is 5.32 Å². The van der Waals surface area contributed by atoms with E-state index in [0.29, 0.717) is 5.69 Å². The Hall–Kier alpha value is -2.02. The molecule has 0 aliphatic heterocycles. The van der Waals surface area contributed by atoms with Gasteiger partial charge >= 0.3 is 6.09 Å². The van der Waals surface area contributed by atoms with E-state index in [1.807, 2.05) is 45.0 Å². The first-order valence-electron chi connectivity index (χ1n) is 7.36. The smallest absolute Gasteiger partial charge is 0.412 e. The van der Waals surface area contributed by atoms with Gasteiger partial charge in [0.05, 0.1) is 11.5 Å².